The first-order chi connectivity index (χ1) is 12.3. The van der Waals surface area contributed by atoms with E-state index in [0.29, 0.717) is 23.3 Å². The van der Waals surface area contributed by atoms with E-state index in [1.807, 2.05) is 36.4 Å². The lowest BCUT2D eigenvalue weighted by molar-refractivity contribution is -0.148. The van der Waals surface area contributed by atoms with Crippen LogP contribution in [-0.2, 0) is 16.1 Å². The van der Waals surface area contributed by atoms with Crippen LogP contribution in [0.1, 0.15) is 36.7 Å². The number of fused-ring (bicyclic) bond motifs is 1. The molecule has 3 aromatic rings. The third-order valence-corrected chi connectivity index (χ3v) is 3.74. The van der Waals surface area contributed by atoms with Gasteiger partial charge in [-0.3, -0.25) is 4.79 Å². The molecular weight excluding hydrogens is 330 g/mol. The summed E-state index contributed by atoms with van der Waals surface area (Å²) >= 11 is 0. The first kappa shape index (κ1) is 17.7. The maximum atomic E-state index is 12.5. The van der Waals surface area contributed by atoms with E-state index in [1.165, 1.54) is 6.20 Å². The van der Waals surface area contributed by atoms with Gasteiger partial charge in [0.25, 0.3) is 5.78 Å². The van der Waals surface area contributed by atoms with Gasteiger partial charge in [0, 0.05) is 11.6 Å². The van der Waals surface area contributed by atoms with Crippen LogP contribution in [0.3, 0.4) is 0 Å². The molecule has 0 radical (unpaired) electrons. The summed E-state index contributed by atoms with van der Waals surface area (Å²) in [5.41, 5.74) is 1.28. The number of Topliss-reactive ketones (excluding diaryl/α,β-unsaturated/α-hetero) is 1. The molecule has 0 aliphatic rings. The Balaban J connectivity index is 1.84. The number of aromatic nitrogens is 1. The van der Waals surface area contributed by atoms with E-state index in [1.54, 1.807) is 32.9 Å². The molecule has 0 unspecified atom stereocenters. The quantitative estimate of drug-likeness (QED) is 0.423. The van der Waals surface area contributed by atoms with E-state index in [-0.39, 0.29) is 5.56 Å². The number of H-pyrrole nitrogens is 1. The van der Waals surface area contributed by atoms with Crippen molar-refractivity contribution in [3.63, 3.8) is 0 Å². The maximum Gasteiger partial charge on any atom is 0.380 e. The Hall–Kier alpha value is -3.08. The lowest BCUT2D eigenvalue weighted by atomic mass is 10.1. The van der Waals surface area contributed by atoms with Crippen molar-refractivity contribution in [2.45, 2.75) is 33.0 Å². The maximum absolute atomic E-state index is 12.5. The molecule has 0 aliphatic carbocycles. The summed E-state index contributed by atoms with van der Waals surface area (Å²) in [7, 11) is 0. The van der Waals surface area contributed by atoms with Crippen molar-refractivity contribution in [2.24, 2.45) is 0 Å². The molecule has 0 fully saturated rings. The predicted molar refractivity (Wildman–Crippen MR) is 99.2 cm³/mol. The third kappa shape index (κ3) is 3.94. The summed E-state index contributed by atoms with van der Waals surface area (Å²) in [6.07, 6.45) is 1.52. The van der Waals surface area contributed by atoms with Crippen molar-refractivity contribution < 1.29 is 19.1 Å². The Morgan fingerprint density at radius 3 is 2.42 bits per heavy atom. The predicted octanol–water partition coefficient (Wildman–Crippen LogP) is 4.27. The Morgan fingerprint density at radius 1 is 1.00 bits per heavy atom. The van der Waals surface area contributed by atoms with Gasteiger partial charge >= 0.3 is 5.97 Å². The number of benzene rings is 2. The van der Waals surface area contributed by atoms with Gasteiger partial charge in [0.15, 0.2) is 0 Å². The van der Waals surface area contributed by atoms with Gasteiger partial charge in [0.2, 0.25) is 0 Å². The molecule has 2 aromatic carbocycles. The molecule has 1 aromatic heterocycles. The van der Waals surface area contributed by atoms with Gasteiger partial charge in [0.05, 0.1) is 11.1 Å². The molecule has 134 valence electrons. The molecule has 3 rings (SSSR count). The minimum absolute atomic E-state index is 0.277. The zero-order chi connectivity index (χ0) is 18.7. The topological polar surface area (TPSA) is 68.4 Å². The van der Waals surface area contributed by atoms with Crippen molar-refractivity contribution in [1.29, 1.82) is 0 Å². The third-order valence-electron chi connectivity index (χ3n) is 3.74. The fourth-order valence-corrected chi connectivity index (χ4v) is 2.60. The number of ketones is 1. The highest BCUT2D eigenvalue weighted by Gasteiger charge is 2.26. The molecular formula is C21H21NO4. The Morgan fingerprint density at radius 2 is 1.73 bits per heavy atom. The van der Waals surface area contributed by atoms with Crippen LogP contribution in [0.4, 0.5) is 0 Å². The van der Waals surface area contributed by atoms with Crippen LogP contribution in [0.15, 0.2) is 54.7 Å². The summed E-state index contributed by atoms with van der Waals surface area (Å²) in [4.78, 5) is 27.6. The SMILES string of the molecule is CC(C)(C)OC(=O)C(=O)c1c[nH]c2c(OCc3ccccc3)cccc12. The molecule has 0 amide bonds. The van der Waals surface area contributed by atoms with Crippen molar-refractivity contribution >= 4 is 22.7 Å². The average molecular weight is 351 g/mol. The number of nitrogens with one attached hydrogen (secondary N) is 1. The van der Waals surface area contributed by atoms with Gasteiger partial charge in [-0.1, -0.05) is 42.5 Å². The largest absolute Gasteiger partial charge is 0.487 e. The van der Waals surface area contributed by atoms with Gasteiger partial charge in [-0.05, 0) is 32.4 Å². The molecule has 0 aliphatic heterocycles. The van der Waals surface area contributed by atoms with Crippen LogP contribution in [0.5, 0.6) is 5.75 Å². The van der Waals surface area contributed by atoms with Crippen molar-refractivity contribution in [2.75, 3.05) is 0 Å². The number of esters is 1. The van der Waals surface area contributed by atoms with Crippen LogP contribution >= 0.6 is 0 Å². The highest BCUT2D eigenvalue weighted by molar-refractivity contribution is 6.43. The normalized spacial score (nSPS) is 11.3. The second-order valence-electron chi connectivity index (χ2n) is 6.99. The fraction of sp³-hybridized carbons (Fsp3) is 0.238. The zero-order valence-corrected chi connectivity index (χ0v) is 15.0. The van der Waals surface area contributed by atoms with E-state index in [0.717, 1.165) is 5.56 Å². The zero-order valence-electron chi connectivity index (χ0n) is 15.0. The minimum atomic E-state index is -0.867. The van der Waals surface area contributed by atoms with Crippen LogP contribution in [0.2, 0.25) is 0 Å². The smallest absolute Gasteiger partial charge is 0.380 e. The van der Waals surface area contributed by atoms with Gasteiger partial charge in [0.1, 0.15) is 18.0 Å². The molecule has 0 atom stereocenters. The van der Waals surface area contributed by atoms with Crippen LogP contribution in [0.25, 0.3) is 10.9 Å². The molecule has 0 spiro atoms. The van der Waals surface area contributed by atoms with E-state index >= 15 is 0 Å². The minimum Gasteiger partial charge on any atom is -0.487 e. The molecule has 5 heteroatoms. The Bertz CT molecular complexity index is 936. The molecule has 1 N–H and O–H groups in total. The number of hydrogen-bond donors (Lipinski definition) is 1. The first-order valence-electron chi connectivity index (χ1n) is 8.39. The molecule has 0 saturated carbocycles. The lowest BCUT2D eigenvalue weighted by Crippen LogP contribution is -2.28. The van der Waals surface area contributed by atoms with Gasteiger partial charge in [-0.25, -0.2) is 4.79 Å². The van der Waals surface area contributed by atoms with Crippen LogP contribution < -0.4 is 4.74 Å². The highest BCUT2D eigenvalue weighted by Crippen LogP contribution is 2.28. The summed E-state index contributed by atoms with van der Waals surface area (Å²) in [5, 5.41) is 0.631. The van der Waals surface area contributed by atoms with Crippen molar-refractivity contribution in [3.05, 3.63) is 65.9 Å². The number of ether oxygens (including phenoxy) is 2. The second-order valence-corrected chi connectivity index (χ2v) is 6.99. The molecule has 0 bridgehead atoms. The molecule has 0 saturated heterocycles. The number of hydrogen-bond acceptors (Lipinski definition) is 4. The summed E-state index contributed by atoms with van der Waals surface area (Å²) in [6, 6.07) is 15.2. The van der Waals surface area contributed by atoms with Gasteiger partial charge < -0.3 is 14.5 Å². The fourth-order valence-electron chi connectivity index (χ4n) is 2.60. The number of carbonyl (C=O) groups excluding carboxylic acids is 2. The number of carbonyl (C=O) groups is 2. The second kappa shape index (κ2) is 7.04. The summed E-state index contributed by atoms with van der Waals surface area (Å²) in [6.45, 7) is 5.59. The number of para-hydroxylation sites is 1. The Kier molecular flexibility index (Phi) is 4.80. The number of aromatic amines is 1. The van der Waals surface area contributed by atoms with E-state index in [4.69, 9.17) is 9.47 Å². The van der Waals surface area contributed by atoms with E-state index in [2.05, 4.69) is 4.98 Å². The van der Waals surface area contributed by atoms with Crippen LogP contribution in [-0.4, -0.2) is 22.3 Å². The average Bonchev–Trinajstić information content (AvgIpc) is 3.03. The van der Waals surface area contributed by atoms with Crippen LogP contribution in [0, 0.1) is 0 Å². The molecule has 26 heavy (non-hydrogen) atoms. The standard InChI is InChI=1S/C21H21NO4/c1-21(2,3)26-20(24)19(23)16-12-22-18-15(16)10-7-11-17(18)25-13-14-8-5-4-6-9-14/h4-12,22H,13H2,1-3H3. The van der Waals surface area contributed by atoms with Gasteiger partial charge in [-0.15, -0.1) is 0 Å². The van der Waals surface area contributed by atoms with Crippen molar-refractivity contribution in [1.82, 2.24) is 4.98 Å². The number of rotatable bonds is 5. The van der Waals surface area contributed by atoms with Gasteiger partial charge in [-0.2, -0.15) is 0 Å². The van der Waals surface area contributed by atoms with E-state index < -0.39 is 17.4 Å². The summed E-state index contributed by atoms with van der Waals surface area (Å²) < 4.78 is 11.1. The monoisotopic (exact) mass is 351 g/mol. The van der Waals surface area contributed by atoms with Crippen molar-refractivity contribution in [3.8, 4) is 5.75 Å². The first-order valence-corrected chi connectivity index (χ1v) is 8.39. The summed E-state index contributed by atoms with van der Waals surface area (Å²) in [5.74, 6) is -0.921. The van der Waals surface area contributed by atoms with E-state index in [9.17, 15) is 9.59 Å². The molecule has 1 heterocycles. The Labute approximate surface area is 151 Å². The molecule has 5 nitrogen and oxygen atoms in total. The highest BCUT2D eigenvalue weighted by atomic mass is 16.6. The lowest BCUT2D eigenvalue weighted by Gasteiger charge is -2.18.